The Hall–Kier alpha value is -2.26. The Labute approximate surface area is 157 Å². The van der Waals surface area contributed by atoms with Crippen molar-refractivity contribution < 1.29 is 4.79 Å². The Morgan fingerprint density at radius 3 is 2.88 bits per heavy atom. The summed E-state index contributed by atoms with van der Waals surface area (Å²) in [5.74, 6) is 0.725. The van der Waals surface area contributed by atoms with Crippen molar-refractivity contribution in [1.29, 1.82) is 0 Å². The van der Waals surface area contributed by atoms with Crippen molar-refractivity contribution in [2.24, 2.45) is 7.05 Å². The van der Waals surface area contributed by atoms with Crippen molar-refractivity contribution in [3.63, 3.8) is 0 Å². The van der Waals surface area contributed by atoms with Crippen molar-refractivity contribution in [2.75, 3.05) is 11.1 Å². The van der Waals surface area contributed by atoms with Crippen LogP contribution in [0.3, 0.4) is 0 Å². The average molecular weight is 419 g/mol. The molecule has 3 aromatic rings. The summed E-state index contributed by atoms with van der Waals surface area (Å²) in [6.07, 6.45) is 4.83. The summed E-state index contributed by atoms with van der Waals surface area (Å²) in [6.45, 7) is 2.00. The number of nitrogens with one attached hydrogen (secondary N) is 1. The van der Waals surface area contributed by atoms with Gasteiger partial charge in [-0.2, -0.15) is 0 Å². The van der Waals surface area contributed by atoms with Gasteiger partial charge in [-0.25, -0.2) is 4.98 Å². The predicted octanol–water partition coefficient (Wildman–Crippen LogP) is 3.07. The first-order valence-corrected chi connectivity index (χ1v) is 9.17. The van der Waals surface area contributed by atoms with Gasteiger partial charge in [-0.05, 0) is 40.5 Å². The van der Waals surface area contributed by atoms with E-state index in [1.807, 2.05) is 32.2 Å². The van der Waals surface area contributed by atoms with Gasteiger partial charge in [0, 0.05) is 23.9 Å². The minimum Gasteiger partial charge on any atom is -0.324 e. The minimum atomic E-state index is -0.112. The molecular weight excluding hydrogens is 404 g/mol. The SMILES string of the molecule is Cc1ccc(NC(=O)CSc2nnc(-c3cnccn3)n2C)c(Br)c1. The lowest BCUT2D eigenvalue weighted by atomic mass is 10.2. The number of carbonyl (C=O) groups excluding carboxylic acids is 1. The number of carbonyl (C=O) groups is 1. The number of benzene rings is 1. The van der Waals surface area contributed by atoms with E-state index in [-0.39, 0.29) is 11.7 Å². The molecule has 0 aliphatic rings. The van der Waals surface area contributed by atoms with Crippen molar-refractivity contribution in [2.45, 2.75) is 12.1 Å². The lowest BCUT2D eigenvalue weighted by Gasteiger charge is -2.08. The van der Waals surface area contributed by atoms with Gasteiger partial charge in [0.1, 0.15) is 5.69 Å². The summed E-state index contributed by atoms with van der Waals surface area (Å²) >= 11 is 4.76. The van der Waals surface area contributed by atoms with Crippen molar-refractivity contribution >= 4 is 39.3 Å². The maximum Gasteiger partial charge on any atom is 0.234 e. The lowest BCUT2D eigenvalue weighted by molar-refractivity contribution is -0.113. The first-order valence-electron chi connectivity index (χ1n) is 7.39. The molecule has 2 heterocycles. The highest BCUT2D eigenvalue weighted by Crippen LogP contribution is 2.24. The molecule has 0 saturated heterocycles. The molecule has 128 valence electrons. The van der Waals surface area contributed by atoms with Gasteiger partial charge < -0.3 is 9.88 Å². The molecule has 1 aromatic carbocycles. The maximum atomic E-state index is 12.2. The van der Waals surface area contributed by atoms with E-state index in [1.54, 1.807) is 23.2 Å². The van der Waals surface area contributed by atoms with Crippen LogP contribution in [-0.2, 0) is 11.8 Å². The summed E-state index contributed by atoms with van der Waals surface area (Å²) in [7, 11) is 1.83. The summed E-state index contributed by atoms with van der Waals surface area (Å²) in [5.41, 5.74) is 2.50. The molecule has 2 aromatic heterocycles. The van der Waals surface area contributed by atoms with Crippen LogP contribution in [-0.4, -0.2) is 36.4 Å². The van der Waals surface area contributed by atoms with Gasteiger partial charge in [-0.1, -0.05) is 17.8 Å². The Morgan fingerprint density at radius 1 is 1.32 bits per heavy atom. The Bertz CT molecular complexity index is 899. The quantitative estimate of drug-likeness (QED) is 0.640. The largest absolute Gasteiger partial charge is 0.324 e. The molecule has 25 heavy (non-hydrogen) atoms. The molecule has 0 saturated carbocycles. The zero-order valence-electron chi connectivity index (χ0n) is 13.6. The van der Waals surface area contributed by atoms with Crippen LogP contribution in [0, 0.1) is 6.92 Å². The van der Waals surface area contributed by atoms with Gasteiger partial charge >= 0.3 is 0 Å². The third-order valence-corrected chi connectivity index (χ3v) is 5.03. The topological polar surface area (TPSA) is 85.6 Å². The molecule has 0 radical (unpaired) electrons. The van der Waals surface area contributed by atoms with Gasteiger partial charge in [0.2, 0.25) is 5.91 Å². The second kappa shape index (κ2) is 7.75. The van der Waals surface area contributed by atoms with Gasteiger partial charge in [-0.3, -0.25) is 9.78 Å². The van der Waals surface area contributed by atoms with Gasteiger partial charge in [-0.15, -0.1) is 10.2 Å². The molecule has 0 atom stereocenters. The van der Waals surface area contributed by atoms with Crippen LogP contribution in [0.1, 0.15) is 5.56 Å². The number of aryl methyl sites for hydroxylation is 1. The van der Waals surface area contributed by atoms with Crippen LogP contribution >= 0.6 is 27.7 Å². The molecular formula is C16H15BrN6OS. The van der Waals surface area contributed by atoms with E-state index < -0.39 is 0 Å². The molecule has 0 aliphatic carbocycles. The maximum absolute atomic E-state index is 12.2. The highest BCUT2D eigenvalue weighted by Gasteiger charge is 2.14. The monoisotopic (exact) mass is 418 g/mol. The summed E-state index contributed by atoms with van der Waals surface area (Å²) in [5, 5.41) is 11.8. The predicted molar refractivity (Wildman–Crippen MR) is 100 cm³/mol. The van der Waals surface area contributed by atoms with Crippen LogP contribution in [0.5, 0.6) is 0 Å². The number of nitrogens with zero attached hydrogens (tertiary/aromatic N) is 5. The standard InChI is InChI=1S/C16H15BrN6OS/c1-10-3-4-12(11(17)7-10)20-14(24)9-25-16-22-21-15(23(16)2)13-8-18-5-6-19-13/h3-8H,9H2,1-2H3,(H,20,24). The van der Waals surface area contributed by atoms with Gasteiger partial charge in [0.05, 0.1) is 17.6 Å². The molecule has 0 aliphatic heterocycles. The van der Waals surface area contributed by atoms with E-state index in [2.05, 4.69) is 41.4 Å². The zero-order valence-corrected chi connectivity index (χ0v) is 16.0. The Kier molecular flexibility index (Phi) is 5.44. The molecule has 1 amide bonds. The first kappa shape index (κ1) is 17.6. The fraction of sp³-hybridized carbons (Fsp3) is 0.188. The van der Waals surface area contributed by atoms with E-state index in [0.29, 0.717) is 16.7 Å². The molecule has 9 heteroatoms. The number of anilines is 1. The van der Waals surface area contributed by atoms with Crippen molar-refractivity contribution in [1.82, 2.24) is 24.7 Å². The number of thioether (sulfide) groups is 1. The molecule has 3 rings (SSSR count). The van der Waals surface area contributed by atoms with E-state index in [9.17, 15) is 4.79 Å². The fourth-order valence-corrected chi connectivity index (χ4v) is 3.42. The highest BCUT2D eigenvalue weighted by atomic mass is 79.9. The number of hydrogen-bond donors (Lipinski definition) is 1. The molecule has 0 bridgehead atoms. The van der Waals surface area contributed by atoms with E-state index in [1.165, 1.54) is 11.8 Å². The van der Waals surface area contributed by atoms with Crippen molar-refractivity contribution in [3.8, 4) is 11.5 Å². The second-order valence-electron chi connectivity index (χ2n) is 5.28. The van der Waals surface area contributed by atoms with Crippen molar-refractivity contribution in [3.05, 3.63) is 46.8 Å². The summed E-state index contributed by atoms with van der Waals surface area (Å²) < 4.78 is 2.65. The number of halogens is 1. The molecule has 7 nitrogen and oxygen atoms in total. The second-order valence-corrected chi connectivity index (χ2v) is 7.07. The zero-order chi connectivity index (χ0) is 17.8. The Balaban J connectivity index is 1.64. The normalized spacial score (nSPS) is 10.7. The number of amides is 1. The highest BCUT2D eigenvalue weighted by molar-refractivity contribution is 9.10. The van der Waals surface area contributed by atoms with Gasteiger partial charge in [0.25, 0.3) is 0 Å². The van der Waals surface area contributed by atoms with Crippen LogP contribution in [0.2, 0.25) is 0 Å². The summed E-state index contributed by atoms with van der Waals surface area (Å²) in [4.78, 5) is 20.4. The van der Waals surface area contributed by atoms with E-state index in [4.69, 9.17) is 0 Å². The number of hydrogen-bond acceptors (Lipinski definition) is 6. The Morgan fingerprint density at radius 2 is 2.16 bits per heavy atom. The van der Waals surface area contributed by atoms with E-state index >= 15 is 0 Å². The number of rotatable bonds is 5. The van der Waals surface area contributed by atoms with Crippen LogP contribution in [0.25, 0.3) is 11.5 Å². The first-order chi connectivity index (χ1) is 12.0. The molecule has 0 spiro atoms. The fourth-order valence-electron chi connectivity index (χ4n) is 2.12. The molecule has 0 unspecified atom stereocenters. The third kappa shape index (κ3) is 4.23. The van der Waals surface area contributed by atoms with E-state index in [0.717, 1.165) is 15.7 Å². The molecule has 1 N–H and O–H groups in total. The average Bonchev–Trinajstić information content (AvgIpc) is 2.97. The van der Waals surface area contributed by atoms with Crippen LogP contribution < -0.4 is 5.32 Å². The number of aromatic nitrogens is 5. The molecule has 0 fully saturated rings. The smallest absolute Gasteiger partial charge is 0.234 e. The summed E-state index contributed by atoms with van der Waals surface area (Å²) in [6, 6.07) is 5.78. The van der Waals surface area contributed by atoms with Gasteiger partial charge in [0.15, 0.2) is 11.0 Å². The van der Waals surface area contributed by atoms with Crippen LogP contribution in [0.4, 0.5) is 5.69 Å². The lowest BCUT2D eigenvalue weighted by Crippen LogP contribution is -2.14. The minimum absolute atomic E-state index is 0.112. The van der Waals surface area contributed by atoms with Crippen LogP contribution in [0.15, 0.2) is 46.4 Å². The third-order valence-electron chi connectivity index (χ3n) is 3.36.